The molecule has 1 aliphatic carbocycles. The SMILES string of the molecule is CCn1nccc1C1CC1N. The molecule has 0 aromatic carbocycles. The molecule has 0 bridgehead atoms. The second-order valence-electron chi connectivity index (χ2n) is 3.08. The van der Waals surface area contributed by atoms with Crippen LogP contribution in [0.1, 0.15) is 25.0 Å². The zero-order valence-corrected chi connectivity index (χ0v) is 6.70. The van der Waals surface area contributed by atoms with E-state index < -0.39 is 0 Å². The molecule has 1 aliphatic rings. The maximum atomic E-state index is 5.74. The Balaban J connectivity index is 2.23. The molecule has 0 spiro atoms. The third-order valence-corrected chi connectivity index (χ3v) is 2.27. The fourth-order valence-electron chi connectivity index (χ4n) is 1.48. The van der Waals surface area contributed by atoms with E-state index in [0.717, 1.165) is 13.0 Å². The van der Waals surface area contributed by atoms with Gasteiger partial charge in [0, 0.05) is 30.4 Å². The molecule has 2 atom stereocenters. The summed E-state index contributed by atoms with van der Waals surface area (Å²) in [5, 5.41) is 4.19. The molecule has 2 rings (SSSR count). The van der Waals surface area contributed by atoms with Gasteiger partial charge in [-0.2, -0.15) is 5.10 Å². The second kappa shape index (κ2) is 2.34. The molecule has 1 aromatic rings. The van der Waals surface area contributed by atoms with Gasteiger partial charge >= 0.3 is 0 Å². The normalized spacial score (nSPS) is 28.9. The van der Waals surface area contributed by atoms with Gasteiger partial charge in [0.2, 0.25) is 0 Å². The first-order chi connectivity index (χ1) is 5.33. The van der Waals surface area contributed by atoms with Gasteiger partial charge in [0.25, 0.3) is 0 Å². The van der Waals surface area contributed by atoms with Gasteiger partial charge in [-0.25, -0.2) is 0 Å². The van der Waals surface area contributed by atoms with Gasteiger partial charge in [-0.05, 0) is 19.4 Å². The monoisotopic (exact) mass is 151 g/mol. The number of hydrogen-bond acceptors (Lipinski definition) is 2. The molecule has 0 radical (unpaired) electrons. The van der Waals surface area contributed by atoms with E-state index in [9.17, 15) is 0 Å². The number of nitrogens with two attached hydrogens (primary N) is 1. The first-order valence-corrected chi connectivity index (χ1v) is 4.10. The Morgan fingerprint density at radius 3 is 3.09 bits per heavy atom. The van der Waals surface area contributed by atoms with E-state index in [-0.39, 0.29) is 0 Å². The van der Waals surface area contributed by atoms with E-state index in [4.69, 9.17) is 5.73 Å². The minimum Gasteiger partial charge on any atom is -0.327 e. The van der Waals surface area contributed by atoms with E-state index in [2.05, 4.69) is 18.1 Å². The van der Waals surface area contributed by atoms with Crippen LogP contribution < -0.4 is 5.73 Å². The van der Waals surface area contributed by atoms with E-state index >= 15 is 0 Å². The van der Waals surface area contributed by atoms with Crippen LogP contribution in [0.25, 0.3) is 0 Å². The lowest BCUT2D eigenvalue weighted by Crippen LogP contribution is -2.06. The zero-order valence-electron chi connectivity index (χ0n) is 6.70. The van der Waals surface area contributed by atoms with Gasteiger partial charge in [-0.3, -0.25) is 4.68 Å². The summed E-state index contributed by atoms with van der Waals surface area (Å²) < 4.78 is 2.03. The standard InChI is InChI=1S/C8H13N3/c1-2-11-8(3-4-10-11)6-5-7(6)9/h3-4,6-7H,2,5,9H2,1H3. The molecule has 11 heavy (non-hydrogen) atoms. The summed E-state index contributed by atoms with van der Waals surface area (Å²) in [5.74, 6) is 0.581. The van der Waals surface area contributed by atoms with E-state index in [1.807, 2.05) is 10.9 Å². The van der Waals surface area contributed by atoms with Gasteiger partial charge in [0.05, 0.1) is 0 Å². The third-order valence-electron chi connectivity index (χ3n) is 2.27. The van der Waals surface area contributed by atoms with Crippen LogP contribution in [0.5, 0.6) is 0 Å². The van der Waals surface area contributed by atoms with E-state index in [1.165, 1.54) is 5.69 Å². The van der Waals surface area contributed by atoms with Crippen LogP contribution in [-0.2, 0) is 6.54 Å². The number of nitrogens with zero attached hydrogens (tertiary/aromatic N) is 2. The molecule has 1 saturated carbocycles. The van der Waals surface area contributed by atoms with Crippen LogP contribution in [0.15, 0.2) is 12.3 Å². The Hall–Kier alpha value is -0.830. The van der Waals surface area contributed by atoms with Crippen molar-refractivity contribution in [3.8, 4) is 0 Å². The van der Waals surface area contributed by atoms with Crippen molar-refractivity contribution in [1.82, 2.24) is 9.78 Å². The molecule has 0 saturated heterocycles. The van der Waals surface area contributed by atoms with Crippen LogP contribution in [-0.4, -0.2) is 15.8 Å². The van der Waals surface area contributed by atoms with Gasteiger partial charge < -0.3 is 5.73 Å². The minimum atomic E-state index is 0.386. The highest BCUT2D eigenvalue weighted by molar-refractivity contribution is 5.19. The highest BCUT2D eigenvalue weighted by atomic mass is 15.3. The Labute approximate surface area is 66.2 Å². The largest absolute Gasteiger partial charge is 0.327 e. The Morgan fingerprint density at radius 2 is 2.55 bits per heavy atom. The first-order valence-electron chi connectivity index (χ1n) is 4.10. The van der Waals surface area contributed by atoms with Crippen molar-refractivity contribution in [3.05, 3.63) is 18.0 Å². The number of aromatic nitrogens is 2. The average molecular weight is 151 g/mol. The molecule has 60 valence electrons. The maximum Gasteiger partial charge on any atom is 0.0492 e. The smallest absolute Gasteiger partial charge is 0.0492 e. The highest BCUT2D eigenvalue weighted by Gasteiger charge is 2.36. The Morgan fingerprint density at radius 1 is 1.82 bits per heavy atom. The molecule has 0 amide bonds. The molecule has 1 fully saturated rings. The summed E-state index contributed by atoms with van der Waals surface area (Å²) in [4.78, 5) is 0. The number of hydrogen-bond donors (Lipinski definition) is 1. The zero-order chi connectivity index (χ0) is 7.84. The van der Waals surface area contributed by atoms with Crippen LogP contribution in [0.4, 0.5) is 0 Å². The summed E-state index contributed by atoms with van der Waals surface area (Å²) in [6.45, 7) is 3.05. The molecule has 3 heteroatoms. The van der Waals surface area contributed by atoms with Crippen molar-refractivity contribution in [2.24, 2.45) is 5.73 Å². The molecular formula is C8H13N3. The van der Waals surface area contributed by atoms with Crippen LogP contribution >= 0.6 is 0 Å². The lowest BCUT2D eigenvalue weighted by molar-refractivity contribution is 0.620. The molecule has 1 aromatic heterocycles. The minimum absolute atomic E-state index is 0.386. The predicted molar refractivity (Wildman–Crippen MR) is 43.2 cm³/mol. The van der Waals surface area contributed by atoms with Crippen molar-refractivity contribution in [1.29, 1.82) is 0 Å². The van der Waals surface area contributed by atoms with Crippen molar-refractivity contribution >= 4 is 0 Å². The van der Waals surface area contributed by atoms with Gasteiger partial charge in [0.15, 0.2) is 0 Å². The molecular weight excluding hydrogens is 138 g/mol. The summed E-state index contributed by atoms with van der Waals surface area (Å²) in [6.07, 6.45) is 2.98. The van der Waals surface area contributed by atoms with Gasteiger partial charge in [0.1, 0.15) is 0 Å². The van der Waals surface area contributed by atoms with Gasteiger partial charge in [-0.1, -0.05) is 0 Å². The summed E-state index contributed by atoms with van der Waals surface area (Å²) in [6, 6.07) is 2.46. The Bertz CT molecular complexity index is 254. The quantitative estimate of drug-likeness (QED) is 0.676. The Kier molecular flexibility index (Phi) is 1.46. The molecule has 2 N–H and O–H groups in total. The number of rotatable bonds is 2. The fraction of sp³-hybridized carbons (Fsp3) is 0.625. The summed E-state index contributed by atoms with van der Waals surface area (Å²) >= 11 is 0. The number of aryl methyl sites for hydroxylation is 1. The van der Waals surface area contributed by atoms with E-state index in [1.54, 1.807) is 0 Å². The average Bonchev–Trinajstić information content (AvgIpc) is 2.58. The molecule has 1 heterocycles. The van der Waals surface area contributed by atoms with Crippen molar-refractivity contribution in [3.63, 3.8) is 0 Å². The second-order valence-corrected chi connectivity index (χ2v) is 3.08. The summed E-state index contributed by atoms with van der Waals surface area (Å²) in [5.41, 5.74) is 7.05. The fourth-order valence-corrected chi connectivity index (χ4v) is 1.48. The molecule has 2 unspecified atom stereocenters. The lowest BCUT2D eigenvalue weighted by atomic mass is 10.3. The van der Waals surface area contributed by atoms with Crippen molar-refractivity contribution in [2.45, 2.75) is 31.8 Å². The van der Waals surface area contributed by atoms with Crippen LogP contribution in [0.3, 0.4) is 0 Å². The van der Waals surface area contributed by atoms with Crippen molar-refractivity contribution in [2.75, 3.05) is 0 Å². The van der Waals surface area contributed by atoms with E-state index in [0.29, 0.717) is 12.0 Å². The first kappa shape index (κ1) is 6.85. The molecule has 3 nitrogen and oxygen atoms in total. The lowest BCUT2D eigenvalue weighted by Gasteiger charge is -2.01. The predicted octanol–water partition coefficient (Wildman–Crippen LogP) is 0.718. The topological polar surface area (TPSA) is 43.8 Å². The highest BCUT2D eigenvalue weighted by Crippen LogP contribution is 2.38. The third kappa shape index (κ3) is 1.05. The van der Waals surface area contributed by atoms with Crippen LogP contribution in [0.2, 0.25) is 0 Å². The van der Waals surface area contributed by atoms with Gasteiger partial charge in [-0.15, -0.1) is 0 Å². The van der Waals surface area contributed by atoms with Crippen LogP contribution in [0, 0.1) is 0 Å². The maximum absolute atomic E-state index is 5.74. The van der Waals surface area contributed by atoms with Crippen molar-refractivity contribution < 1.29 is 0 Å². The molecule has 0 aliphatic heterocycles. The summed E-state index contributed by atoms with van der Waals surface area (Å²) in [7, 11) is 0.